The van der Waals surface area contributed by atoms with E-state index < -0.39 is 17.2 Å². The Morgan fingerprint density at radius 3 is 2.57 bits per heavy atom. The number of aromatic carboxylic acids is 1. The van der Waals surface area contributed by atoms with E-state index in [1.165, 1.54) is 6.07 Å². The van der Waals surface area contributed by atoms with Gasteiger partial charge in [0.05, 0.1) is 11.2 Å². The first kappa shape index (κ1) is 22.4. The van der Waals surface area contributed by atoms with Crippen LogP contribution in [0.5, 0.6) is 5.75 Å². The summed E-state index contributed by atoms with van der Waals surface area (Å²) in [5, 5.41) is 11.3. The Labute approximate surface area is 204 Å². The summed E-state index contributed by atoms with van der Waals surface area (Å²) in [6.45, 7) is 0.250. The first-order chi connectivity index (χ1) is 17.0. The molecule has 0 fully saturated rings. The second-order valence-corrected chi connectivity index (χ2v) is 8.30. The van der Waals surface area contributed by atoms with Gasteiger partial charge in [-0.25, -0.2) is 14.6 Å². The molecule has 2 aromatic heterocycles. The molecular formula is C28H18ClNO5. The van der Waals surface area contributed by atoms with Crippen molar-refractivity contribution in [3.8, 4) is 5.75 Å². The number of rotatable bonds is 6. The third-order valence-corrected chi connectivity index (χ3v) is 5.69. The van der Waals surface area contributed by atoms with Crippen LogP contribution in [0.15, 0.2) is 88.1 Å². The number of hydrogen-bond acceptors (Lipinski definition) is 5. The van der Waals surface area contributed by atoms with Gasteiger partial charge in [-0.3, -0.25) is 0 Å². The van der Waals surface area contributed by atoms with Crippen molar-refractivity contribution in [2.75, 3.05) is 0 Å². The van der Waals surface area contributed by atoms with E-state index >= 15 is 0 Å². The molecule has 0 atom stereocenters. The Kier molecular flexibility index (Phi) is 6.04. The van der Waals surface area contributed by atoms with Crippen LogP contribution in [0, 0.1) is 0 Å². The van der Waals surface area contributed by atoms with Crippen LogP contribution in [0.3, 0.4) is 0 Å². The number of ether oxygens (including phenoxy) is 1. The minimum atomic E-state index is -1.33. The van der Waals surface area contributed by atoms with Crippen molar-refractivity contribution in [1.82, 2.24) is 4.98 Å². The Bertz CT molecular complexity index is 1650. The number of benzene rings is 3. The van der Waals surface area contributed by atoms with Crippen molar-refractivity contribution in [1.29, 1.82) is 0 Å². The quantitative estimate of drug-likeness (QED) is 0.279. The second kappa shape index (κ2) is 9.44. The lowest BCUT2D eigenvalue weighted by Crippen LogP contribution is -2.13. The lowest BCUT2D eigenvalue weighted by molar-refractivity contribution is 0.0692. The highest BCUT2D eigenvalue weighted by Gasteiger charge is 2.14. The minimum Gasteiger partial charge on any atom is -0.485 e. The van der Waals surface area contributed by atoms with E-state index in [0.717, 1.165) is 27.7 Å². The van der Waals surface area contributed by atoms with Gasteiger partial charge >= 0.3 is 11.6 Å². The van der Waals surface area contributed by atoms with Crippen LogP contribution in [-0.2, 0) is 6.61 Å². The Morgan fingerprint density at radius 2 is 1.77 bits per heavy atom. The van der Waals surface area contributed by atoms with Crippen molar-refractivity contribution >= 4 is 51.6 Å². The third kappa shape index (κ3) is 4.93. The minimum absolute atomic E-state index is 0.214. The molecule has 1 N–H and O–H groups in total. The summed E-state index contributed by atoms with van der Waals surface area (Å²) in [4.78, 5) is 27.8. The van der Waals surface area contributed by atoms with E-state index in [1.54, 1.807) is 18.2 Å². The van der Waals surface area contributed by atoms with Crippen molar-refractivity contribution in [2.45, 2.75) is 6.61 Å². The number of aromatic nitrogens is 1. The number of fused-ring (bicyclic) bond motifs is 2. The summed E-state index contributed by atoms with van der Waals surface area (Å²) in [5.74, 6) is -0.968. The van der Waals surface area contributed by atoms with Crippen LogP contribution >= 0.6 is 11.6 Å². The molecule has 0 saturated heterocycles. The van der Waals surface area contributed by atoms with Gasteiger partial charge in [0.15, 0.2) is 11.3 Å². The van der Waals surface area contributed by atoms with Gasteiger partial charge in [0.2, 0.25) is 0 Å². The Hall–Kier alpha value is -4.42. The molecule has 3 aromatic carbocycles. The highest BCUT2D eigenvalue weighted by Crippen LogP contribution is 2.26. The molecule has 6 nitrogen and oxygen atoms in total. The third-order valence-electron chi connectivity index (χ3n) is 5.45. The van der Waals surface area contributed by atoms with Gasteiger partial charge in [-0.15, -0.1) is 0 Å². The molecule has 2 heterocycles. The number of carbonyl (C=O) groups is 1. The topological polar surface area (TPSA) is 89.6 Å². The number of carboxylic acids is 1. The van der Waals surface area contributed by atoms with Crippen molar-refractivity contribution in [3.05, 3.63) is 117 Å². The molecule has 0 amide bonds. The van der Waals surface area contributed by atoms with Crippen molar-refractivity contribution in [2.24, 2.45) is 0 Å². The van der Waals surface area contributed by atoms with Gasteiger partial charge < -0.3 is 14.3 Å². The maximum Gasteiger partial charge on any atom is 0.351 e. The molecule has 0 unspecified atom stereocenters. The molecule has 0 aliphatic rings. The molecule has 35 heavy (non-hydrogen) atoms. The van der Waals surface area contributed by atoms with Crippen LogP contribution in [-0.4, -0.2) is 16.1 Å². The first-order valence-corrected chi connectivity index (χ1v) is 11.1. The van der Waals surface area contributed by atoms with E-state index in [1.807, 2.05) is 66.7 Å². The zero-order chi connectivity index (χ0) is 24.4. The van der Waals surface area contributed by atoms with Crippen LogP contribution in [0.1, 0.15) is 27.2 Å². The van der Waals surface area contributed by atoms with Crippen molar-refractivity contribution in [3.63, 3.8) is 0 Å². The van der Waals surface area contributed by atoms with Gasteiger partial charge in [-0.2, -0.15) is 0 Å². The highest BCUT2D eigenvalue weighted by molar-refractivity contribution is 6.31. The molecule has 0 bridgehead atoms. The standard InChI is InChI=1S/C28H18ClNO5/c29-21-11-9-19-10-13-22(30-24(19)15-21)12-8-17-4-6-18(7-5-17)16-34-25-3-1-2-20-14-23(27(31)32)28(33)35-26(20)25/h1-15H,16H2,(H,31,32). The van der Waals surface area contributed by atoms with Gasteiger partial charge in [0, 0.05) is 15.8 Å². The molecule has 172 valence electrons. The van der Waals surface area contributed by atoms with Crippen LogP contribution in [0.2, 0.25) is 5.02 Å². The molecule has 5 rings (SSSR count). The molecule has 0 aliphatic carbocycles. The second-order valence-electron chi connectivity index (χ2n) is 7.86. The monoisotopic (exact) mass is 483 g/mol. The normalized spacial score (nSPS) is 11.3. The fraction of sp³-hybridized carbons (Fsp3) is 0.0357. The Balaban J connectivity index is 1.29. The highest BCUT2D eigenvalue weighted by atomic mass is 35.5. The van der Waals surface area contributed by atoms with Gasteiger partial charge in [0.1, 0.15) is 12.2 Å². The summed E-state index contributed by atoms with van der Waals surface area (Å²) in [5.41, 5.74) is 2.47. The van der Waals surface area contributed by atoms with E-state index in [-0.39, 0.29) is 12.2 Å². The number of halogens is 1. The number of para-hydroxylation sites is 1. The SMILES string of the molecule is O=C(O)c1cc2cccc(OCc3ccc(C=Cc4ccc5ccc(Cl)cc5n4)cc3)c2oc1=O. The van der Waals surface area contributed by atoms with Gasteiger partial charge in [-0.1, -0.05) is 66.2 Å². The molecule has 7 heteroatoms. The zero-order valence-corrected chi connectivity index (χ0v) is 19.0. The summed E-state index contributed by atoms with van der Waals surface area (Å²) in [7, 11) is 0. The molecule has 0 saturated carbocycles. The smallest absolute Gasteiger partial charge is 0.351 e. The maximum atomic E-state index is 12.0. The summed E-state index contributed by atoms with van der Waals surface area (Å²) >= 11 is 6.07. The lowest BCUT2D eigenvalue weighted by Gasteiger charge is -2.09. The first-order valence-electron chi connectivity index (χ1n) is 10.7. The predicted octanol–water partition coefficient (Wildman–Crippen LogP) is 6.44. The van der Waals surface area contributed by atoms with E-state index in [4.69, 9.17) is 25.9 Å². The van der Waals surface area contributed by atoms with Crippen LogP contribution in [0.4, 0.5) is 0 Å². The molecule has 5 aromatic rings. The fourth-order valence-corrected chi connectivity index (χ4v) is 3.81. The molecular weight excluding hydrogens is 466 g/mol. The summed E-state index contributed by atoms with van der Waals surface area (Å²) < 4.78 is 11.1. The Morgan fingerprint density at radius 1 is 0.971 bits per heavy atom. The van der Waals surface area contributed by atoms with E-state index in [2.05, 4.69) is 4.98 Å². The number of nitrogens with zero attached hydrogens (tertiary/aromatic N) is 1. The average molecular weight is 484 g/mol. The van der Waals surface area contributed by atoms with Crippen molar-refractivity contribution < 1.29 is 19.1 Å². The van der Waals surface area contributed by atoms with E-state index in [9.17, 15) is 9.59 Å². The summed E-state index contributed by atoms with van der Waals surface area (Å²) in [6, 6.07) is 23.8. The molecule has 0 radical (unpaired) electrons. The average Bonchev–Trinajstić information content (AvgIpc) is 2.86. The number of pyridine rings is 1. The zero-order valence-electron chi connectivity index (χ0n) is 18.3. The number of carboxylic acid groups (broad SMARTS) is 1. The maximum absolute atomic E-state index is 12.0. The van der Waals surface area contributed by atoms with Gasteiger partial charge in [-0.05, 0) is 47.5 Å². The van der Waals surface area contributed by atoms with E-state index in [0.29, 0.717) is 16.2 Å². The lowest BCUT2D eigenvalue weighted by atomic mass is 10.1. The summed E-state index contributed by atoms with van der Waals surface area (Å²) in [6.07, 6.45) is 3.91. The largest absolute Gasteiger partial charge is 0.485 e. The molecule has 0 spiro atoms. The van der Waals surface area contributed by atoms with Gasteiger partial charge in [0.25, 0.3) is 0 Å². The number of hydrogen-bond donors (Lipinski definition) is 1. The molecule has 0 aliphatic heterocycles. The fourth-order valence-electron chi connectivity index (χ4n) is 3.65. The van der Waals surface area contributed by atoms with Crippen LogP contribution in [0.25, 0.3) is 34.0 Å². The predicted molar refractivity (Wildman–Crippen MR) is 136 cm³/mol. The van der Waals surface area contributed by atoms with Crippen LogP contribution < -0.4 is 10.4 Å².